The lowest BCUT2D eigenvalue weighted by Gasteiger charge is -2.21. The van der Waals surface area contributed by atoms with E-state index in [1.54, 1.807) is 0 Å². The number of likely N-dealkylation sites (N-methyl/N-ethyl adjacent to an activating group) is 1. The van der Waals surface area contributed by atoms with E-state index in [4.69, 9.17) is 25.2 Å². The zero-order chi connectivity index (χ0) is 23.3. The number of alkyl halides is 1. The van der Waals surface area contributed by atoms with Crippen LogP contribution in [0.1, 0.15) is 22.6 Å². The van der Waals surface area contributed by atoms with Crippen LogP contribution < -0.4 is 9.42 Å². The Bertz CT molecular complexity index is 1200. The first-order valence-corrected chi connectivity index (χ1v) is 13.0. The number of benzene rings is 4. The molecule has 0 aliphatic carbocycles. The van der Waals surface area contributed by atoms with Crippen LogP contribution >= 0.6 is 20.2 Å². The number of nitrogens with zero attached hydrogens (tertiary/aromatic N) is 1. The first-order chi connectivity index (χ1) is 16.7. The Labute approximate surface area is 207 Å². The average Bonchev–Trinajstić information content (AvgIpc) is 3.22. The minimum absolute atomic E-state index is 0.297. The van der Waals surface area contributed by atoms with Gasteiger partial charge < -0.3 is 9.42 Å². The van der Waals surface area contributed by atoms with Crippen LogP contribution in [0.2, 0.25) is 0 Å². The van der Waals surface area contributed by atoms with Crippen LogP contribution in [-0.2, 0) is 22.3 Å². The molecule has 6 heteroatoms. The topological polar surface area (TPSA) is 30.9 Å². The maximum atomic E-state index is 6.47. The van der Waals surface area contributed by atoms with Crippen molar-refractivity contribution in [3.63, 3.8) is 0 Å². The molecular formula is C28H27ClNO3P. The highest BCUT2D eigenvalue weighted by Gasteiger charge is 2.30. The Balaban J connectivity index is 1.45. The smallest absolute Gasteiger partial charge is 0.397 e. The molecule has 4 aromatic carbocycles. The molecule has 4 aromatic rings. The lowest BCUT2D eigenvalue weighted by Crippen LogP contribution is -2.15. The van der Waals surface area contributed by atoms with Crippen LogP contribution in [0.5, 0.6) is 5.75 Å². The summed E-state index contributed by atoms with van der Waals surface area (Å²) in [6.07, 6.45) is 0. The Morgan fingerprint density at radius 1 is 0.824 bits per heavy atom. The van der Waals surface area contributed by atoms with Gasteiger partial charge in [0.05, 0.1) is 13.2 Å². The summed E-state index contributed by atoms with van der Waals surface area (Å²) in [6, 6.07) is 30.6. The zero-order valence-corrected chi connectivity index (χ0v) is 20.7. The van der Waals surface area contributed by atoms with E-state index in [1.807, 2.05) is 66.7 Å². The molecule has 0 aromatic heterocycles. The molecule has 0 saturated carbocycles. The molecule has 0 unspecified atom stereocenters. The van der Waals surface area contributed by atoms with Gasteiger partial charge in [0.2, 0.25) is 0 Å². The molecule has 0 spiro atoms. The number of anilines is 1. The van der Waals surface area contributed by atoms with Crippen LogP contribution in [0.15, 0.2) is 91.0 Å². The second kappa shape index (κ2) is 10.8. The molecule has 1 atom stereocenters. The fourth-order valence-electron chi connectivity index (χ4n) is 4.39. The average molecular weight is 492 g/mol. The standard InChI is InChI=1S/C28H27ClNO3P/c1-30-18-23(17-29)28-25-15-9-8-14-24(25)27(16-26(28)30)33-34(31-19-21-10-4-2-5-11-21)32-20-22-12-6-3-7-13-22/h2-16,23H,17-20H2,1H3/t23-/m1/s1. The summed E-state index contributed by atoms with van der Waals surface area (Å²) in [5.74, 6) is 1.66. The quantitative estimate of drug-likeness (QED) is 0.178. The second-order valence-corrected chi connectivity index (χ2v) is 9.87. The normalized spacial score (nSPS) is 15.1. The molecule has 0 amide bonds. The third kappa shape index (κ3) is 5.06. The molecule has 174 valence electrons. The SMILES string of the molecule is CN1C[C@@H](CCl)c2c1cc(OP(OCc1ccccc1)OCc1ccccc1)c1ccccc21. The van der Waals surface area contributed by atoms with Crippen molar-refractivity contribution in [2.45, 2.75) is 19.1 Å². The van der Waals surface area contributed by atoms with Crippen molar-refractivity contribution in [1.82, 2.24) is 0 Å². The van der Waals surface area contributed by atoms with Gasteiger partial charge in [-0.3, -0.25) is 9.05 Å². The van der Waals surface area contributed by atoms with E-state index < -0.39 is 8.60 Å². The number of rotatable bonds is 9. The van der Waals surface area contributed by atoms with Gasteiger partial charge in [0.1, 0.15) is 5.75 Å². The zero-order valence-electron chi connectivity index (χ0n) is 19.1. The Hall–Kier alpha value is -2.62. The summed E-state index contributed by atoms with van der Waals surface area (Å²) in [6.45, 7) is 1.73. The van der Waals surface area contributed by atoms with Crippen LogP contribution in [0.3, 0.4) is 0 Å². The molecular weight excluding hydrogens is 465 g/mol. The predicted molar refractivity (Wildman–Crippen MR) is 141 cm³/mol. The van der Waals surface area contributed by atoms with Crippen LogP contribution in [0.25, 0.3) is 10.8 Å². The number of halogens is 1. The highest BCUT2D eigenvalue weighted by molar-refractivity contribution is 7.42. The summed E-state index contributed by atoms with van der Waals surface area (Å²) in [4.78, 5) is 2.25. The first-order valence-electron chi connectivity index (χ1n) is 11.4. The number of hydrogen-bond donors (Lipinski definition) is 0. The molecule has 1 aliphatic rings. The summed E-state index contributed by atoms with van der Waals surface area (Å²) < 4.78 is 18.8. The molecule has 34 heavy (non-hydrogen) atoms. The number of fused-ring (bicyclic) bond motifs is 3. The molecule has 0 saturated heterocycles. The molecule has 0 bridgehead atoms. The highest BCUT2D eigenvalue weighted by Crippen LogP contribution is 2.49. The van der Waals surface area contributed by atoms with E-state index in [2.05, 4.69) is 36.2 Å². The van der Waals surface area contributed by atoms with Gasteiger partial charge in [0.15, 0.2) is 0 Å². The summed E-state index contributed by atoms with van der Waals surface area (Å²) >= 11 is 6.33. The van der Waals surface area contributed by atoms with Crippen molar-refractivity contribution in [3.8, 4) is 5.75 Å². The summed E-state index contributed by atoms with van der Waals surface area (Å²) in [7, 11) is 0.464. The largest absolute Gasteiger partial charge is 0.426 e. The minimum Gasteiger partial charge on any atom is -0.426 e. The van der Waals surface area contributed by atoms with E-state index in [1.165, 1.54) is 10.9 Å². The predicted octanol–water partition coefficient (Wildman–Crippen LogP) is 7.65. The van der Waals surface area contributed by atoms with Crippen molar-refractivity contribution in [2.75, 3.05) is 24.4 Å². The fraction of sp³-hybridized carbons (Fsp3) is 0.214. The fourth-order valence-corrected chi connectivity index (χ4v) is 5.64. The minimum atomic E-state index is -1.64. The van der Waals surface area contributed by atoms with E-state index in [9.17, 15) is 0 Å². The monoisotopic (exact) mass is 491 g/mol. The van der Waals surface area contributed by atoms with E-state index >= 15 is 0 Å². The van der Waals surface area contributed by atoms with E-state index in [-0.39, 0.29) is 0 Å². The van der Waals surface area contributed by atoms with Gasteiger partial charge in [-0.15, -0.1) is 11.6 Å². The third-order valence-corrected chi connectivity index (χ3v) is 7.46. The maximum Gasteiger partial charge on any atom is 0.397 e. The lowest BCUT2D eigenvalue weighted by atomic mass is 9.95. The molecule has 0 fully saturated rings. The third-order valence-electron chi connectivity index (χ3n) is 6.06. The Morgan fingerprint density at radius 3 is 1.97 bits per heavy atom. The molecule has 0 radical (unpaired) electrons. The van der Waals surface area contributed by atoms with E-state index in [0.717, 1.165) is 34.5 Å². The van der Waals surface area contributed by atoms with Gasteiger partial charge >= 0.3 is 8.60 Å². The van der Waals surface area contributed by atoms with Crippen molar-refractivity contribution < 1.29 is 13.6 Å². The van der Waals surface area contributed by atoms with Gasteiger partial charge in [-0.25, -0.2) is 0 Å². The second-order valence-electron chi connectivity index (χ2n) is 8.42. The molecule has 1 aliphatic heterocycles. The maximum absolute atomic E-state index is 6.47. The molecule has 4 nitrogen and oxygen atoms in total. The van der Waals surface area contributed by atoms with Crippen molar-refractivity contribution in [3.05, 3.63) is 108 Å². The Kier molecular flexibility index (Phi) is 7.32. The molecule has 0 N–H and O–H groups in total. The highest BCUT2D eigenvalue weighted by atomic mass is 35.5. The van der Waals surface area contributed by atoms with Crippen LogP contribution in [0.4, 0.5) is 5.69 Å². The summed E-state index contributed by atoms with van der Waals surface area (Å²) in [5, 5.41) is 2.22. The van der Waals surface area contributed by atoms with Crippen molar-refractivity contribution in [2.24, 2.45) is 0 Å². The lowest BCUT2D eigenvalue weighted by molar-refractivity contribution is 0.193. The van der Waals surface area contributed by atoms with Gasteiger partial charge in [0.25, 0.3) is 0 Å². The number of hydrogen-bond acceptors (Lipinski definition) is 4. The van der Waals surface area contributed by atoms with E-state index in [0.29, 0.717) is 25.0 Å². The van der Waals surface area contributed by atoms with Gasteiger partial charge in [-0.05, 0) is 22.1 Å². The van der Waals surface area contributed by atoms with Crippen LogP contribution in [0, 0.1) is 0 Å². The summed E-state index contributed by atoms with van der Waals surface area (Å²) in [5.41, 5.74) is 4.59. The Morgan fingerprint density at radius 2 is 1.38 bits per heavy atom. The first kappa shape index (κ1) is 23.1. The van der Waals surface area contributed by atoms with Gasteiger partial charge in [-0.2, -0.15) is 0 Å². The van der Waals surface area contributed by atoms with Crippen molar-refractivity contribution in [1.29, 1.82) is 0 Å². The van der Waals surface area contributed by atoms with Crippen LogP contribution in [-0.4, -0.2) is 19.5 Å². The van der Waals surface area contributed by atoms with Gasteiger partial charge in [-0.1, -0.05) is 84.9 Å². The van der Waals surface area contributed by atoms with Gasteiger partial charge in [0, 0.05) is 42.5 Å². The molecule has 5 rings (SSSR count). The molecule has 1 heterocycles. The van der Waals surface area contributed by atoms with Crippen molar-refractivity contribution >= 4 is 36.7 Å².